The molecule has 1 aliphatic heterocycles. The van der Waals surface area contributed by atoms with Gasteiger partial charge in [-0.3, -0.25) is 0 Å². The lowest BCUT2D eigenvalue weighted by Crippen LogP contribution is -2.22. The van der Waals surface area contributed by atoms with Gasteiger partial charge < -0.3 is 4.74 Å². The van der Waals surface area contributed by atoms with Crippen molar-refractivity contribution >= 4 is 5.97 Å². The summed E-state index contributed by atoms with van der Waals surface area (Å²) < 4.78 is 5.13. The summed E-state index contributed by atoms with van der Waals surface area (Å²) >= 11 is 0. The first-order valence-electron chi connectivity index (χ1n) is 5.67. The van der Waals surface area contributed by atoms with E-state index in [1.165, 1.54) is 29.5 Å². The zero-order valence-corrected chi connectivity index (χ0v) is 8.71. The number of esters is 1. The number of hydrogen-bond donors (Lipinski definition) is 0. The minimum atomic E-state index is -0.102. The van der Waals surface area contributed by atoms with E-state index in [4.69, 9.17) is 4.74 Å². The Morgan fingerprint density at radius 2 is 1.80 bits per heavy atom. The molecule has 0 amide bonds. The van der Waals surface area contributed by atoms with Crippen LogP contribution in [0.2, 0.25) is 0 Å². The first-order valence-corrected chi connectivity index (χ1v) is 5.67. The highest BCUT2D eigenvalue weighted by molar-refractivity contribution is 5.94. The molecule has 0 bridgehead atoms. The number of aryl methyl sites for hydroxylation is 1. The number of cyclic esters (lactones) is 1. The number of fused-ring (bicyclic) bond motifs is 3. The number of ether oxygens (including phenoxy) is 1. The second kappa shape index (κ2) is 3.37. The molecule has 0 N–H and O–H groups in total. The van der Waals surface area contributed by atoms with Crippen molar-refractivity contribution in [2.24, 2.45) is 0 Å². The van der Waals surface area contributed by atoms with Gasteiger partial charge in [0.05, 0.1) is 12.2 Å². The first kappa shape index (κ1) is 8.96. The predicted molar refractivity (Wildman–Crippen MR) is 57.1 cm³/mol. The Kier molecular flexibility index (Phi) is 2.01. The molecular weight excluding hydrogens is 188 g/mol. The fourth-order valence-electron chi connectivity index (χ4n) is 2.66. The van der Waals surface area contributed by atoms with Crippen molar-refractivity contribution in [3.05, 3.63) is 34.4 Å². The number of hydrogen-bond acceptors (Lipinski definition) is 2. The fraction of sp³-hybridized carbons (Fsp3) is 0.462. The summed E-state index contributed by atoms with van der Waals surface area (Å²) in [6, 6.07) is 4.31. The van der Waals surface area contributed by atoms with Crippen molar-refractivity contribution in [3.8, 4) is 0 Å². The van der Waals surface area contributed by atoms with E-state index in [9.17, 15) is 4.79 Å². The summed E-state index contributed by atoms with van der Waals surface area (Å²) in [6.45, 7) is 0.546. The topological polar surface area (TPSA) is 26.3 Å². The molecule has 78 valence electrons. The minimum absolute atomic E-state index is 0.102. The highest BCUT2D eigenvalue weighted by Crippen LogP contribution is 2.29. The van der Waals surface area contributed by atoms with Gasteiger partial charge in [0.2, 0.25) is 0 Å². The molecule has 0 aromatic heterocycles. The maximum atomic E-state index is 11.7. The molecule has 1 heterocycles. The van der Waals surface area contributed by atoms with Gasteiger partial charge in [-0.2, -0.15) is 0 Å². The smallest absolute Gasteiger partial charge is 0.338 e. The van der Waals surface area contributed by atoms with Gasteiger partial charge in [-0.05, 0) is 42.4 Å². The van der Waals surface area contributed by atoms with Crippen LogP contribution in [0.1, 0.15) is 39.9 Å². The van der Waals surface area contributed by atoms with Gasteiger partial charge in [-0.25, -0.2) is 4.79 Å². The van der Waals surface area contributed by atoms with Crippen LogP contribution in [0.25, 0.3) is 0 Å². The third-order valence-corrected chi connectivity index (χ3v) is 3.43. The molecule has 0 spiro atoms. The van der Waals surface area contributed by atoms with E-state index in [-0.39, 0.29) is 5.97 Å². The van der Waals surface area contributed by atoms with Crippen molar-refractivity contribution in [1.29, 1.82) is 0 Å². The average molecular weight is 202 g/mol. The summed E-state index contributed by atoms with van der Waals surface area (Å²) in [7, 11) is 0. The largest absolute Gasteiger partial charge is 0.462 e. The van der Waals surface area contributed by atoms with E-state index >= 15 is 0 Å². The lowest BCUT2D eigenvalue weighted by atomic mass is 9.85. The fourth-order valence-corrected chi connectivity index (χ4v) is 2.66. The molecule has 2 nitrogen and oxygen atoms in total. The SMILES string of the molecule is O=C1OCCc2ccc3c(c21)CCCC3. The molecule has 0 radical (unpaired) electrons. The van der Waals surface area contributed by atoms with Gasteiger partial charge in [0.15, 0.2) is 0 Å². The molecule has 15 heavy (non-hydrogen) atoms. The van der Waals surface area contributed by atoms with Crippen LogP contribution in [0.15, 0.2) is 12.1 Å². The predicted octanol–water partition coefficient (Wildman–Crippen LogP) is 2.28. The van der Waals surface area contributed by atoms with Crippen LogP contribution in [-0.2, 0) is 24.0 Å². The highest BCUT2D eigenvalue weighted by atomic mass is 16.5. The second-order valence-electron chi connectivity index (χ2n) is 4.33. The third kappa shape index (κ3) is 1.36. The molecule has 0 saturated heterocycles. The van der Waals surface area contributed by atoms with Crippen LogP contribution in [0.4, 0.5) is 0 Å². The number of carbonyl (C=O) groups excluding carboxylic acids is 1. The molecular formula is C13H14O2. The third-order valence-electron chi connectivity index (χ3n) is 3.43. The zero-order chi connectivity index (χ0) is 10.3. The van der Waals surface area contributed by atoms with E-state index < -0.39 is 0 Å². The summed E-state index contributed by atoms with van der Waals surface area (Å²) in [5, 5.41) is 0. The molecule has 0 atom stereocenters. The van der Waals surface area contributed by atoms with Crippen molar-refractivity contribution in [2.75, 3.05) is 6.61 Å². The Balaban J connectivity index is 2.19. The van der Waals surface area contributed by atoms with E-state index in [1.54, 1.807) is 0 Å². The van der Waals surface area contributed by atoms with E-state index in [0.29, 0.717) is 6.61 Å². The van der Waals surface area contributed by atoms with Crippen molar-refractivity contribution in [3.63, 3.8) is 0 Å². The molecule has 1 aromatic rings. The van der Waals surface area contributed by atoms with E-state index in [2.05, 4.69) is 12.1 Å². The van der Waals surface area contributed by atoms with Gasteiger partial charge >= 0.3 is 5.97 Å². The summed E-state index contributed by atoms with van der Waals surface area (Å²) in [5.74, 6) is -0.102. The molecule has 0 unspecified atom stereocenters. The van der Waals surface area contributed by atoms with Crippen molar-refractivity contribution in [1.82, 2.24) is 0 Å². The van der Waals surface area contributed by atoms with Crippen molar-refractivity contribution in [2.45, 2.75) is 32.1 Å². The molecule has 3 rings (SSSR count). The lowest BCUT2D eigenvalue weighted by Gasteiger charge is -2.24. The highest BCUT2D eigenvalue weighted by Gasteiger charge is 2.25. The summed E-state index contributed by atoms with van der Waals surface area (Å²) in [6.07, 6.45) is 5.51. The standard InChI is InChI=1S/C13H14O2/c14-13-12-10(7-8-15-13)6-5-9-3-1-2-4-11(9)12/h5-6H,1-4,7-8H2. The lowest BCUT2D eigenvalue weighted by molar-refractivity contribution is 0.0478. The number of carbonyl (C=O) groups is 1. The molecule has 2 aliphatic rings. The van der Waals surface area contributed by atoms with E-state index in [1.807, 2.05) is 0 Å². The van der Waals surface area contributed by atoms with Crippen LogP contribution < -0.4 is 0 Å². The van der Waals surface area contributed by atoms with Crippen molar-refractivity contribution < 1.29 is 9.53 Å². The molecule has 0 fully saturated rings. The van der Waals surface area contributed by atoms with Crippen LogP contribution in [-0.4, -0.2) is 12.6 Å². The van der Waals surface area contributed by atoms with E-state index in [0.717, 1.165) is 24.8 Å². The molecule has 2 heteroatoms. The summed E-state index contributed by atoms with van der Waals surface area (Å²) in [5.41, 5.74) is 4.70. The number of rotatable bonds is 0. The zero-order valence-electron chi connectivity index (χ0n) is 8.71. The maximum absolute atomic E-state index is 11.7. The van der Waals surface area contributed by atoms with Crippen LogP contribution >= 0.6 is 0 Å². The minimum Gasteiger partial charge on any atom is -0.462 e. The monoisotopic (exact) mass is 202 g/mol. The first-order chi connectivity index (χ1) is 7.36. The normalized spacial score (nSPS) is 19.1. The Bertz CT molecular complexity index is 421. The van der Waals surface area contributed by atoms with Crippen LogP contribution in [0.5, 0.6) is 0 Å². The molecule has 1 aliphatic carbocycles. The maximum Gasteiger partial charge on any atom is 0.338 e. The summed E-state index contributed by atoms with van der Waals surface area (Å²) in [4.78, 5) is 11.7. The van der Waals surface area contributed by atoms with Crippen LogP contribution in [0, 0.1) is 0 Å². The van der Waals surface area contributed by atoms with Gasteiger partial charge in [-0.1, -0.05) is 12.1 Å². The van der Waals surface area contributed by atoms with Crippen LogP contribution in [0.3, 0.4) is 0 Å². The van der Waals surface area contributed by atoms with Gasteiger partial charge in [0.1, 0.15) is 0 Å². The van der Waals surface area contributed by atoms with Gasteiger partial charge in [-0.15, -0.1) is 0 Å². The Morgan fingerprint density at radius 3 is 2.73 bits per heavy atom. The Morgan fingerprint density at radius 1 is 1.00 bits per heavy atom. The van der Waals surface area contributed by atoms with Gasteiger partial charge in [0, 0.05) is 6.42 Å². The quantitative estimate of drug-likeness (QED) is 0.603. The second-order valence-corrected chi connectivity index (χ2v) is 4.33. The Hall–Kier alpha value is -1.31. The van der Waals surface area contributed by atoms with Gasteiger partial charge in [0.25, 0.3) is 0 Å². The average Bonchev–Trinajstić information content (AvgIpc) is 2.29. The Labute approximate surface area is 89.2 Å². The number of benzene rings is 1. The molecule has 1 aromatic carbocycles. The molecule has 0 saturated carbocycles.